The lowest BCUT2D eigenvalue weighted by atomic mass is 9.87. The first-order valence-corrected chi connectivity index (χ1v) is 12.4. The van der Waals surface area contributed by atoms with Gasteiger partial charge in [0.2, 0.25) is 11.8 Å². The molecule has 0 aliphatic carbocycles. The zero-order chi connectivity index (χ0) is 25.1. The Morgan fingerprint density at radius 1 is 0.500 bits per heavy atom. The molecule has 0 amide bonds. The summed E-state index contributed by atoms with van der Waals surface area (Å²) in [6.45, 7) is 0. The number of benzene rings is 5. The fourth-order valence-electron chi connectivity index (χ4n) is 5.59. The summed E-state index contributed by atoms with van der Waals surface area (Å²) in [5.41, 5.74) is 6.19. The van der Waals surface area contributed by atoms with E-state index in [1.54, 1.807) is 24.9 Å². The average Bonchev–Trinajstić information content (AvgIpc) is 3.71. The number of aromatic nitrogens is 3. The third-order valence-corrected chi connectivity index (χ3v) is 7.24. The van der Waals surface area contributed by atoms with Crippen LogP contribution in [0.1, 0.15) is 0 Å². The molecule has 0 spiro atoms. The standard InChI is InChI=1S/C33H19N3O2/c1-2-22(19-34-11-1)26-7-3-20-6-10-29-27(8-4-21-5-9-28(26)30(20)31(21)29)23-16-24(32-35-12-14-37-32)18-25(17-23)33-36-13-15-38-33/h1-19H. The van der Waals surface area contributed by atoms with E-state index in [2.05, 4.69) is 81.7 Å². The van der Waals surface area contributed by atoms with Gasteiger partial charge < -0.3 is 8.83 Å². The molecule has 38 heavy (non-hydrogen) atoms. The lowest BCUT2D eigenvalue weighted by molar-refractivity contribution is 0.572. The number of nitrogens with zero attached hydrogens (tertiary/aromatic N) is 3. The van der Waals surface area contributed by atoms with E-state index in [1.807, 2.05) is 24.5 Å². The Morgan fingerprint density at radius 3 is 1.58 bits per heavy atom. The molecule has 5 heteroatoms. The van der Waals surface area contributed by atoms with Crippen LogP contribution in [0, 0.1) is 0 Å². The lowest BCUT2D eigenvalue weighted by Crippen LogP contribution is -1.91. The Bertz CT molecular complexity index is 2010. The van der Waals surface area contributed by atoms with Crippen molar-refractivity contribution in [3.63, 3.8) is 0 Å². The molecule has 3 heterocycles. The topological polar surface area (TPSA) is 65.0 Å². The summed E-state index contributed by atoms with van der Waals surface area (Å²) in [6.07, 6.45) is 10.2. The van der Waals surface area contributed by atoms with Gasteiger partial charge in [0, 0.05) is 29.1 Å². The fourth-order valence-corrected chi connectivity index (χ4v) is 5.59. The molecule has 8 rings (SSSR count). The number of pyridine rings is 1. The Labute approximate surface area is 217 Å². The smallest absolute Gasteiger partial charge is 0.225 e. The molecule has 5 nitrogen and oxygen atoms in total. The summed E-state index contributed by atoms with van der Waals surface area (Å²) < 4.78 is 11.3. The van der Waals surface area contributed by atoms with Crippen LogP contribution in [0.4, 0.5) is 0 Å². The Hall–Kier alpha value is -5.29. The predicted octanol–water partition coefficient (Wildman–Crippen LogP) is 8.62. The summed E-state index contributed by atoms with van der Waals surface area (Å²) in [4.78, 5) is 13.1. The fraction of sp³-hybridized carbons (Fsp3) is 0. The maximum absolute atomic E-state index is 5.65. The molecule has 0 fully saturated rings. The second-order valence-corrected chi connectivity index (χ2v) is 9.36. The third-order valence-electron chi connectivity index (χ3n) is 7.24. The zero-order valence-corrected chi connectivity index (χ0v) is 20.1. The average molecular weight is 490 g/mol. The molecule has 0 bridgehead atoms. The zero-order valence-electron chi connectivity index (χ0n) is 20.1. The second-order valence-electron chi connectivity index (χ2n) is 9.36. The van der Waals surface area contributed by atoms with E-state index in [-0.39, 0.29) is 0 Å². The molecule has 0 saturated heterocycles. The Morgan fingerprint density at radius 2 is 1.05 bits per heavy atom. The summed E-state index contributed by atoms with van der Waals surface area (Å²) in [6, 6.07) is 28.0. The molecule has 0 aliphatic heterocycles. The van der Waals surface area contributed by atoms with Gasteiger partial charge in [0.15, 0.2) is 0 Å². The summed E-state index contributed by atoms with van der Waals surface area (Å²) >= 11 is 0. The number of oxazole rings is 2. The van der Waals surface area contributed by atoms with E-state index in [9.17, 15) is 0 Å². The summed E-state index contributed by atoms with van der Waals surface area (Å²) in [5, 5.41) is 7.35. The van der Waals surface area contributed by atoms with Crippen LogP contribution >= 0.6 is 0 Å². The van der Waals surface area contributed by atoms with Gasteiger partial charge in [0.05, 0.1) is 12.4 Å². The van der Waals surface area contributed by atoms with E-state index >= 15 is 0 Å². The second kappa shape index (κ2) is 8.11. The first-order chi connectivity index (χ1) is 18.8. The molecular weight excluding hydrogens is 470 g/mol. The number of hydrogen-bond donors (Lipinski definition) is 0. The van der Waals surface area contributed by atoms with Crippen LogP contribution < -0.4 is 0 Å². The SMILES string of the molecule is c1cncc(-c2ccc3ccc4c(-c5cc(-c6ncco6)cc(-c6ncco6)c5)ccc5ccc2c3c54)c1. The minimum Gasteiger partial charge on any atom is -0.445 e. The van der Waals surface area contributed by atoms with E-state index < -0.39 is 0 Å². The van der Waals surface area contributed by atoms with Gasteiger partial charge in [-0.05, 0) is 73.3 Å². The lowest BCUT2D eigenvalue weighted by Gasteiger charge is -2.17. The van der Waals surface area contributed by atoms with Crippen LogP contribution in [0.25, 0.3) is 77.5 Å². The molecule has 8 aromatic rings. The summed E-state index contributed by atoms with van der Waals surface area (Å²) in [7, 11) is 0. The van der Waals surface area contributed by atoms with Crippen LogP contribution in [0.15, 0.2) is 125 Å². The van der Waals surface area contributed by atoms with Gasteiger partial charge in [-0.15, -0.1) is 0 Å². The maximum Gasteiger partial charge on any atom is 0.225 e. The van der Waals surface area contributed by atoms with Gasteiger partial charge in [0.25, 0.3) is 0 Å². The highest BCUT2D eigenvalue weighted by molar-refractivity contribution is 6.27. The Kier molecular flexibility index (Phi) is 4.45. The van der Waals surface area contributed by atoms with Gasteiger partial charge in [-0.2, -0.15) is 0 Å². The normalized spacial score (nSPS) is 11.7. The largest absolute Gasteiger partial charge is 0.445 e. The molecular formula is C33H19N3O2. The minimum absolute atomic E-state index is 0.554. The number of rotatable bonds is 4. The van der Waals surface area contributed by atoms with Crippen LogP contribution in [-0.4, -0.2) is 15.0 Å². The van der Waals surface area contributed by atoms with Crippen molar-refractivity contribution in [2.24, 2.45) is 0 Å². The van der Waals surface area contributed by atoms with E-state index in [0.717, 1.165) is 27.8 Å². The monoisotopic (exact) mass is 489 g/mol. The molecule has 5 aromatic carbocycles. The first kappa shape index (κ1) is 20.9. The van der Waals surface area contributed by atoms with Crippen molar-refractivity contribution in [1.29, 1.82) is 0 Å². The quantitative estimate of drug-likeness (QED) is 0.232. The Balaban J connectivity index is 1.42. The minimum atomic E-state index is 0.554. The molecule has 0 unspecified atom stereocenters. The maximum atomic E-state index is 5.65. The van der Waals surface area contributed by atoms with Crippen molar-refractivity contribution in [1.82, 2.24) is 15.0 Å². The van der Waals surface area contributed by atoms with E-state index in [1.165, 1.54) is 37.9 Å². The molecule has 178 valence electrons. The summed E-state index contributed by atoms with van der Waals surface area (Å²) in [5.74, 6) is 1.11. The van der Waals surface area contributed by atoms with Crippen molar-refractivity contribution < 1.29 is 8.83 Å². The van der Waals surface area contributed by atoms with E-state index in [4.69, 9.17) is 8.83 Å². The molecule has 0 atom stereocenters. The van der Waals surface area contributed by atoms with Crippen LogP contribution in [0.2, 0.25) is 0 Å². The number of hydrogen-bond acceptors (Lipinski definition) is 5. The molecule has 0 N–H and O–H groups in total. The molecule has 0 saturated carbocycles. The highest BCUT2D eigenvalue weighted by atomic mass is 16.3. The van der Waals surface area contributed by atoms with Gasteiger partial charge in [0.1, 0.15) is 12.5 Å². The van der Waals surface area contributed by atoms with Gasteiger partial charge >= 0.3 is 0 Å². The molecule has 0 aliphatic rings. The highest BCUT2D eigenvalue weighted by Crippen LogP contribution is 2.43. The van der Waals surface area contributed by atoms with E-state index in [0.29, 0.717) is 11.8 Å². The van der Waals surface area contributed by atoms with Crippen LogP contribution in [0.5, 0.6) is 0 Å². The van der Waals surface area contributed by atoms with Crippen molar-refractivity contribution in [3.8, 4) is 45.2 Å². The van der Waals surface area contributed by atoms with Gasteiger partial charge in [-0.3, -0.25) is 4.98 Å². The van der Waals surface area contributed by atoms with Gasteiger partial charge in [-0.1, -0.05) is 54.6 Å². The first-order valence-electron chi connectivity index (χ1n) is 12.4. The van der Waals surface area contributed by atoms with Crippen molar-refractivity contribution in [2.45, 2.75) is 0 Å². The molecule has 3 aromatic heterocycles. The van der Waals surface area contributed by atoms with Gasteiger partial charge in [-0.25, -0.2) is 9.97 Å². The van der Waals surface area contributed by atoms with Crippen molar-refractivity contribution in [3.05, 3.63) is 116 Å². The van der Waals surface area contributed by atoms with Crippen LogP contribution in [0.3, 0.4) is 0 Å². The van der Waals surface area contributed by atoms with Crippen molar-refractivity contribution >= 4 is 32.3 Å². The molecule has 0 radical (unpaired) electrons. The van der Waals surface area contributed by atoms with Crippen LogP contribution in [-0.2, 0) is 0 Å². The highest BCUT2D eigenvalue weighted by Gasteiger charge is 2.17. The third kappa shape index (κ3) is 3.15. The van der Waals surface area contributed by atoms with Crippen molar-refractivity contribution in [2.75, 3.05) is 0 Å². The predicted molar refractivity (Wildman–Crippen MR) is 150 cm³/mol.